The summed E-state index contributed by atoms with van der Waals surface area (Å²) >= 11 is 0. The quantitative estimate of drug-likeness (QED) is 0.600. The highest BCUT2D eigenvalue weighted by Crippen LogP contribution is 2.40. The Hall–Kier alpha value is -0.890. The van der Waals surface area contributed by atoms with Gasteiger partial charge in [0.25, 0.3) is 0 Å². The minimum Gasteiger partial charge on any atom is -0.367 e. The van der Waals surface area contributed by atoms with Crippen LogP contribution in [0.15, 0.2) is 27.8 Å². The summed E-state index contributed by atoms with van der Waals surface area (Å²) in [7, 11) is 0. The summed E-state index contributed by atoms with van der Waals surface area (Å²) in [4.78, 5) is 4.67. The van der Waals surface area contributed by atoms with E-state index in [-0.39, 0.29) is 0 Å². The molecule has 3 aliphatic rings. The lowest BCUT2D eigenvalue weighted by atomic mass is 9.76. The van der Waals surface area contributed by atoms with Crippen LogP contribution in [-0.4, -0.2) is 25.0 Å². The molecular formula is C13H17NO. The highest BCUT2D eigenvalue weighted by molar-refractivity contribution is 5.97. The van der Waals surface area contributed by atoms with E-state index in [9.17, 15) is 0 Å². The molecule has 80 valence electrons. The topological polar surface area (TPSA) is 24.9 Å². The maximum absolute atomic E-state index is 5.38. The Morgan fingerprint density at radius 2 is 2.07 bits per heavy atom. The van der Waals surface area contributed by atoms with Crippen LogP contribution in [-0.2, 0) is 4.74 Å². The molecule has 0 amide bonds. The molecule has 1 fully saturated rings. The molecule has 3 atom stereocenters. The number of ether oxygens (including phenoxy) is 1. The number of aliphatic imine (C=N–C) groups is 1. The molecule has 1 saturated heterocycles. The van der Waals surface area contributed by atoms with Crippen molar-refractivity contribution in [2.45, 2.75) is 26.9 Å². The molecule has 2 heterocycles. The Kier molecular flexibility index (Phi) is 1.90. The SMILES string of the molecule is CC1=CC2CN=C(C3CO3)C2C(C)=C1C. The zero-order valence-corrected chi connectivity index (χ0v) is 9.58. The lowest BCUT2D eigenvalue weighted by Crippen LogP contribution is -2.26. The third kappa shape index (κ3) is 1.31. The summed E-state index contributed by atoms with van der Waals surface area (Å²) in [5, 5.41) is 0. The molecule has 2 heteroatoms. The molecule has 0 radical (unpaired) electrons. The van der Waals surface area contributed by atoms with Crippen LogP contribution < -0.4 is 0 Å². The minimum absolute atomic E-state index is 0.342. The Labute approximate surface area is 90.7 Å². The molecule has 3 unspecified atom stereocenters. The molecule has 2 nitrogen and oxygen atoms in total. The standard InChI is InChI=1S/C13H17NO/c1-7-4-10-5-14-13(11-6-15-11)12(10)9(3)8(7)2/h4,10-12H,5-6H2,1-3H3. The average molecular weight is 203 g/mol. The highest BCUT2D eigenvalue weighted by atomic mass is 16.6. The first kappa shape index (κ1) is 9.34. The normalized spacial score (nSPS) is 38.7. The van der Waals surface area contributed by atoms with Gasteiger partial charge in [-0.15, -0.1) is 0 Å². The molecule has 1 aliphatic carbocycles. The summed E-state index contributed by atoms with van der Waals surface area (Å²) in [6.07, 6.45) is 2.74. The summed E-state index contributed by atoms with van der Waals surface area (Å²) in [6, 6.07) is 0. The summed E-state index contributed by atoms with van der Waals surface area (Å²) < 4.78 is 5.38. The van der Waals surface area contributed by atoms with Crippen molar-refractivity contribution in [3.8, 4) is 0 Å². The van der Waals surface area contributed by atoms with Crippen LogP contribution in [0.4, 0.5) is 0 Å². The molecule has 0 bridgehead atoms. The molecular weight excluding hydrogens is 186 g/mol. The fraction of sp³-hybridized carbons (Fsp3) is 0.615. The maximum atomic E-state index is 5.38. The number of allylic oxidation sites excluding steroid dienone is 3. The summed E-state index contributed by atoms with van der Waals surface area (Å²) in [6.45, 7) is 8.54. The van der Waals surface area contributed by atoms with Crippen LogP contribution in [0, 0.1) is 11.8 Å². The number of fused-ring (bicyclic) bond motifs is 1. The van der Waals surface area contributed by atoms with Gasteiger partial charge < -0.3 is 4.74 Å². The predicted octanol–water partition coefficient (Wildman–Crippen LogP) is 2.37. The van der Waals surface area contributed by atoms with Crippen LogP contribution in [0.5, 0.6) is 0 Å². The zero-order valence-electron chi connectivity index (χ0n) is 9.58. The molecule has 15 heavy (non-hydrogen) atoms. The van der Waals surface area contributed by atoms with Crippen LogP contribution in [0.1, 0.15) is 20.8 Å². The minimum atomic E-state index is 0.342. The van der Waals surface area contributed by atoms with Gasteiger partial charge in [-0.25, -0.2) is 0 Å². The van der Waals surface area contributed by atoms with Gasteiger partial charge >= 0.3 is 0 Å². The van der Waals surface area contributed by atoms with Gasteiger partial charge in [0.15, 0.2) is 0 Å². The van der Waals surface area contributed by atoms with Crippen LogP contribution in [0.2, 0.25) is 0 Å². The van der Waals surface area contributed by atoms with Crippen molar-refractivity contribution in [2.75, 3.05) is 13.2 Å². The Morgan fingerprint density at radius 3 is 2.73 bits per heavy atom. The second kappa shape index (κ2) is 3.05. The van der Waals surface area contributed by atoms with Crippen LogP contribution >= 0.6 is 0 Å². The van der Waals surface area contributed by atoms with Gasteiger partial charge in [-0.05, 0) is 26.3 Å². The fourth-order valence-electron chi connectivity index (χ4n) is 2.84. The molecule has 0 N–H and O–H groups in total. The van der Waals surface area contributed by atoms with Crippen molar-refractivity contribution in [3.05, 3.63) is 22.8 Å². The lowest BCUT2D eigenvalue weighted by molar-refractivity contribution is 0.443. The summed E-state index contributed by atoms with van der Waals surface area (Å²) in [5.74, 6) is 1.15. The molecule has 0 spiro atoms. The fourth-order valence-corrected chi connectivity index (χ4v) is 2.84. The third-order valence-corrected chi connectivity index (χ3v) is 4.01. The van der Waals surface area contributed by atoms with Crippen molar-refractivity contribution in [1.82, 2.24) is 0 Å². The lowest BCUT2D eigenvalue weighted by Gasteiger charge is -2.27. The van der Waals surface area contributed by atoms with E-state index in [2.05, 4.69) is 31.8 Å². The second-order valence-electron chi connectivity index (χ2n) is 4.89. The number of epoxide rings is 1. The van der Waals surface area contributed by atoms with Crippen molar-refractivity contribution >= 4 is 5.71 Å². The van der Waals surface area contributed by atoms with Gasteiger partial charge in [-0.2, -0.15) is 0 Å². The average Bonchev–Trinajstić information content (AvgIpc) is 2.97. The van der Waals surface area contributed by atoms with E-state index in [0.717, 1.165) is 13.2 Å². The molecule has 0 saturated carbocycles. The Bertz CT molecular complexity index is 399. The highest BCUT2D eigenvalue weighted by Gasteiger charge is 2.42. The van der Waals surface area contributed by atoms with Gasteiger partial charge in [-0.1, -0.05) is 17.2 Å². The molecule has 2 aliphatic heterocycles. The van der Waals surface area contributed by atoms with Crippen molar-refractivity contribution in [2.24, 2.45) is 16.8 Å². The van der Waals surface area contributed by atoms with E-state index in [0.29, 0.717) is 17.9 Å². The van der Waals surface area contributed by atoms with E-state index in [1.807, 2.05) is 0 Å². The smallest absolute Gasteiger partial charge is 0.119 e. The van der Waals surface area contributed by atoms with E-state index >= 15 is 0 Å². The van der Waals surface area contributed by atoms with Gasteiger partial charge in [-0.3, -0.25) is 4.99 Å². The predicted molar refractivity (Wildman–Crippen MR) is 61.2 cm³/mol. The largest absolute Gasteiger partial charge is 0.367 e. The number of rotatable bonds is 1. The first-order chi connectivity index (χ1) is 7.18. The van der Waals surface area contributed by atoms with E-state index in [1.165, 1.54) is 22.4 Å². The first-order valence-electron chi connectivity index (χ1n) is 5.70. The molecule has 0 aromatic carbocycles. The number of hydrogen-bond donors (Lipinski definition) is 0. The van der Waals surface area contributed by atoms with Gasteiger partial charge in [0.2, 0.25) is 0 Å². The second-order valence-corrected chi connectivity index (χ2v) is 4.89. The zero-order chi connectivity index (χ0) is 10.6. The van der Waals surface area contributed by atoms with E-state index in [4.69, 9.17) is 4.74 Å². The van der Waals surface area contributed by atoms with Gasteiger partial charge in [0, 0.05) is 18.4 Å². The number of nitrogens with zero attached hydrogens (tertiary/aromatic N) is 1. The van der Waals surface area contributed by atoms with Crippen molar-refractivity contribution in [1.29, 1.82) is 0 Å². The van der Waals surface area contributed by atoms with E-state index < -0.39 is 0 Å². The van der Waals surface area contributed by atoms with Crippen molar-refractivity contribution in [3.63, 3.8) is 0 Å². The summed E-state index contributed by atoms with van der Waals surface area (Å²) in [5.41, 5.74) is 5.70. The Morgan fingerprint density at radius 1 is 1.33 bits per heavy atom. The first-order valence-corrected chi connectivity index (χ1v) is 5.70. The van der Waals surface area contributed by atoms with Gasteiger partial charge in [0.1, 0.15) is 6.10 Å². The van der Waals surface area contributed by atoms with Gasteiger partial charge in [0.05, 0.1) is 12.3 Å². The van der Waals surface area contributed by atoms with E-state index in [1.54, 1.807) is 0 Å². The number of hydrogen-bond acceptors (Lipinski definition) is 2. The molecule has 0 aromatic heterocycles. The molecule has 3 rings (SSSR count). The Balaban J connectivity index is 1.98. The van der Waals surface area contributed by atoms with Crippen LogP contribution in [0.25, 0.3) is 0 Å². The monoisotopic (exact) mass is 203 g/mol. The molecule has 0 aromatic rings. The van der Waals surface area contributed by atoms with Crippen LogP contribution in [0.3, 0.4) is 0 Å². The maximum Gasteiger partial charge on any atom is 0.119 e. The van der Waals surface area contributed by atoms with Crippen molar-refractivity contribution < 1.29 is 4.74 Å². The third-order valence-electron chi connectivity index (χ3n) is 4.01.